The average molecular weight is 399 g/mol. The van der Waals surface area contributed by atoms with E-state index in [4.69, 9.17) is 4.84 Å². The van der Waals surface area contributed by atoms with E-state index in [1.807, 2.05) is 12.1 Å². The molecule has 1 saturated heterocycles. The lowest BCUT2D eigenvalue weighted by Gasteiger charge is -2.32. The number of urea groups is 1. The van der Waals surface area contributed by atoms with Crippen molar-refractivity contribution in [2.24, 2.45) is 5.16 Å². The van der Waals surface area contributed by atoms with Gasteiger partial charge in [-0.3, -0.25) is 15.4 Å². The van der Waals surface area contributed by atoms with E-state index in [1.54, 1.807) is 53.8 Å². The summed E-state index contributed by atoms with van der Waals surface area (Å²) in [7, 11) is 0. The van der Waals surface area contributed by atoms with Gasteiger partial charge in [0.1, 0.15) is 5.71 Å². The molecule has 29 heavy (non-hydrogen) atoms. The molecule has 3 rings (SSSR count). The molecular formula is C20H18FN3O5. The highest BCUT2D eigenvalue weighted by molar-refractivity contribution is 6.14. The van der Waals surface area contributed by atoms with Crippen LogP contribution in [-0.2, 0) is 19.2 Å². The molecule has 3 amide bonds. The average Bonchev–Trinajstić information content (AvgIpc) is 2.73. The number of hydrogen-bond donors (Lipinski definition) is 2. The first-order valence-corrected chi connectivity index (χ1v) is 8.79. The summed E-state index contributed by atoms with van der Waals surface area (Å²) in [5.41, 5.74) is -1.69. The smallest absolute Gasteiger partial charge is 0.360 e. The van der Waals surface area contributed by atoms with Crippen LogP contribution in [0.25, 0.3) is 0 Å². The largest absolute Gasteiger partial charge is 0.463 e. The summed E-state index contributed by atoms with van der Waals surface area (Å²) in [5.74, 6) is -2.97. The van der Waals surface area contributed by atoms with Crippen LogP contribution in [0.4, 0.5) is 9.18 Å². The quantitative estimate of drug-likeness (QED) is 0.334. The third-order valence-electron chi connectivity index (χ3n) is 4.10. The highest BCUT2D eigenvalue weighted by Gasteiger charge is 2.61. The van der Waals surface area contributed by atoms with Crippen LogP contribution < -0.4 is 10.6 Å². The Balaban J connectivity index is 1.99. The monoisotopic (exact) mass is 399 g/mol. The van der Waals surface area contributed by atoms with Gasteiger partial charge in [0.15, 0.2) is 0 Å². The number of alkyl halides is 1. The SMILES string of the molecule is CCOC(=O)C1(F)C(=O)NC(=O)NC1ON=C(c1ccccc1)c1ccccc1. The van der Waals surface area contributed by atoms with Gasteiger partial charge < -0.3 is 9.57 Å². The van der Waals surface area contributed by atoms with Crippen molar-refractivity contribution >= 4 is 23.6 Å². The number of rotatable bonds is 6. The lowest BCUT2D eigenvalue weighted by atomic mass is 10.0. The number of amides is 3. The molecule has 2 aromatic rings. The minimum atomic E-state index is -3.30. The van der Waals surface area contributed by atoms with Gasteiger partial charge >= 0.3 is 17.7 Å². The van der Waals surface area contributed by atoms with Crippen molar-refractivity contribution in [1.82, 2.24) is 10.6 Å². The Kier molecular flexibility index (Phi) is 5.87. The lowest BCUT2D eigenvalue weighted by molar-refractivity contribution is -0.179. The molecule has 1 aliphatic rings. The molecule has 0 aromatic heterocycles. The summed E-state index contributed by atoms with van der Waals surface area (Å²) in [6.45, 7) is 1.29. The molecule has 0 saturated carbocycles. The van der Waals surface area contributed by atoms with Crippen molar-refractivity contribution in [1.29, 1.82) is 0 Å². The number of esters is 1. The second kappa shape index (κ2) is 8.51. The zero-order chi connectivity index (χ0) is 20.9. The zero-order valence-electron chi connectivity index (χ0n) is 15.4. The fourth-order valence-corrected chi connectivity index (χ4v) is 2.67. The van der Waals surface area contributed by atoms with Crippen molar-refractivity contribution in [2.75, 3.05) is 6.61 Å². The van der Waals surface area contributed by atoms with E-state index in [-0.39, 0.29) is 6.61 Å². The molecule has 0 spiro atoms. The van der Waals surface area contributed by atoms with Gasteiger partial charge in [0.25, 0.3) is 12.1 Å². The first-order chi connectivity index (χ1) is 14.0. The molecule has 0 aliphatic carbocycles. The molecule has 2 aromatic carbocycles. The molecule has 8 nitrogen and oxygen atoms in total. The second-order valence-corrected chi connectivity index (χ2v) is 6.02. The van der Waals surface area contributed by atoms with Gasteiger partial charge in [-0.25, -0.2) is 14.0 Å². The maximum Gasteiger partial charge on any atom is 0.360 e. The number of ether oxygens (including phenoxy) is 1. The van der Waals surface area contributed by atoms with Gasteiger partial charge in [-0.05, 0) is 6.92 Å². The van der Waals surface area contributed by atoms with E-state index < -0.39 is 29.8 Å². The van der Waals surface area contributed by atoms with E-state index in [9.17, 15) is 14.4 Å². The molecule has 0 radical (unpaired) electrons. The van der Waals surface area contributed by atoms with Crippen molar-refractivity contribution < 1.29 is 28.3 Å². The predicted molar refractivity (Wildman–Crippen MR) is 101 cm³/mol. The number of carbonyl (C=O) groups excluding carboxylic acids is 3. The summed E-state index contributed by atoms with van der Waals surface area (Å²) in [5, 5.41) is 7.72. The van der Waals surface area contributed by atoms with E-state index >= 15 is 4.39 Å². The number of nitrogens with one attached hydrogen (secondary N) is 2. The Morgan fingerprint density at radius 1 is 1.07 bits per heavy atom. The summed E-state index contributed by atoms with van der Waals surface area (Å²) < 4.78 is 20.0. The van der Waals surface area contributed by atoms with Crippen LogP contribution in [0.3, 0.4) is 0 Å². The van der Waals surface area contributed by atoms with Gasteiger partial charge in [-0.1, -0.05) is 65.8 Å². The molecule has 2 N–H and O–H groups in total. The van der Waals surface area contributed by atoms with Crippen molar-refractivity contribution in [3.05, 3.63) is 71.8 Å². The molecule has 2 atom stereocenters. The molecule has 150 valence electrons. The Labute approximate surface area is 165 Å². The van der Waals surface area contributed by atoms with Gasteiger partial charge in [0.05, 0.1) is 6.61 Å². The van der Waals surface area contributed by atoms with Crippen LogP contribution in [0.5, 0.6) is 0 Å². The van der Waals surface area contributed by atoms with Gasteiger partial charge in [-0.2, -0.15) is 0 Å². The zero-order valence-corrected chi connectivity index (χ0v) is 15.4. The minimum Gasteiger partial charge on any atom is -0.463 e. The molecule has 2 unspecified atom stereocenters. The fourth-order valence-electron chi connectivity index (χ4n) is 2.67. The third-order valence-corrected chi connectivity index (χ3v) is 4.10. The molecule has 1 heterocycles. The maximum absolute atomic E-state index is 15.3. The van der Waals surface area contributed by atoms with Gasteiger partial charge in [-0.15, -0.1) is 0 Å². The van der Waals surface area contributed by atoms with Gasteiger partial charge in [0, 0.05) is 11.1 Å². The first-order valence-electron chi connectivity index (χ1n) is 8.79. The molecule has 0 bridgehead atoms. The van der Waals surface area contributed by atoms with Crippen molar-refractivity contribution in [2.45, 2.75) is 18.8 Å². The Morgan fingerprint density at radius 2 is 1.62 bits per heavy atom. The number of oxime groups is 1. The highest BCUT2D eigenvalue weighted by Crippen LogP contribution is 2.24. The molecular weight excluding hydrogens is 381 g/mol. The molecule has 9 heteroatoms. The van der Waals surface area contributed by atoms with Crippen LogP contribution in [-0.4, -0.2) is 42.1 Å². The van der Waals surface area contributed by atoms with E-state index in [2.05, 4.69) is 15.2 Å². The van der Waals surface area contributed by atoms with Crippen LogP contribution in [0, 0.1) is 0 Å². The normalized spacial score (nSPS) is 20.8. The summed E-state index contributed by atoms with van der Waals surface area (Å²) in [4.78, 5) is 41.0. The topological polar surface area (TPSA) is 106 Å². The summed E-state index contributed by atoms with van der Waals surface area (Å²) in [6, 6.07) is 16.8. The van der Waals surface area contributed by atoms with Crippen LogP contribution in [0.1, 0.15) is 18.1 Å². The minimum absolute atomic E-state index is 0.166. The van der Waals surface area contributed by atoms with Crippen molar-refractivity contribution in [3.63, 3.8) is 0 Å². The number of hydrogen-bond acceptors (Lipinski definition) is 6. The molecule has 1 aliphatic heterocycles. The predicted octanol–water partition coefficient (Wildman–Crippen LogP) is 1.89. The second-order valence-electron chi connectivity index (χ2n) is 6.02. The number of halogens is 1. The number of carbonyl (C=O) groups is 3. The summed E-state index contributed by atoms with van der Waals surface area (Å²) in [6.07, 6.45) is -2.01. The van der Waals surface area contributed by atoms with Crippen molar-refractivity contribution in [3.8, 4) is 0 Å². The highest BCUT2D eigenvalue weighted by atomic mass is 19.1. The van der Waals surface area contributed by atoms with Crippen LogP contribution in [0.2, 0.25) is 0 Å². The first kappa shape index (κ1) is 20.0. The number of benzene rings is 2. The Hall–Kier alpha value is -3.75. The standard InChI is InChI=1S/C20H18FN3O5/c1-2-28-18(26)20(21)16(25)22-19(27)23-17(20)29-24-15(13-9-5-3-6-10-13)14-11-7-4-8-12-14/h3-12,17H,2H2,1H3,(H2,22,23,25,27). The number of nitrogens with zero attached hydrogens (tertiary/aromatic N) is 1. The van der Waals surface area contributed by atoms with E-state index in [1.165, 1.54) is 6.92 Å². The molecule has 1 fully saturated rings. The lowest BCUT2D eigenvalue weighted by Crippen LogP contribution is -2.70. The van der Waals surface area contributed by atoms with Gasteiger partial charge in [0.2, 0.25) is 0 Å². The number of imide groups is 1. The Morgan fingerprint density at radius 3 is 2.14 bits per heavy atom. The maximum atomic E-state index is 15.3. The Bertz CT molecular complexity index is 894. The fraction of sp³-hybridized carbons (Fsp3) is 0.200. The van der Waals surface area contributed by atoms with E-state index in [0.717, 1.165) is 0 Å². The van der Waals surface area contributed by atoms with E-state index in [0.29, 0.717) is 16.8 Å². The summed E-state index contributed by atoms with van der Waals surface area (Å²) >= 11 is 0. The van der Waals surface area contributed by atoms with Crippen LogP contribution >= 0.6 is 0 Å². The third kappa shape index (κ3) is 4.08. The van der Waals surface area contributed by atoms with Crippen LogP contribution in [0.15, 0.2) is 65.8 Å².